The van der Waals surface area contributed by atoms with Crippen LogP contribution in [0.15, 0.2) is 0 Å². The van der Waals surface area contributed by atoms with Crippen molar-refractivity contribution < 1.29 is 27.2 Å². The van der Waals surface area contributed by atoms with Crippen molar-refractivity contribution in [2.24, 2.45) is 22.9 Å². The number of hydrogen-bond acceptors (Lipinski definition) is 12. The molecule has 12 nitrogen and oxygen atoms in total. The van der Waals surface area contributed by atoms with Gasteiger partial charge in [0.05, 0.1) is 38.8 Å². The second-order valence-corrected chi connectivity index (χ2v) is 17.2. The van der Waals surface area contributed by atoms with Gasteiger partial charge in [-0.2, -0.15) is 0 Å². The van der Waals surface area contributed by atoms with Gasteiger partial charge < -0.3 is 50.8 Å². The molecule has 0 saturated carbocycles. The first-order chi connectivity index (χ1) is 23.3. The molecular formula is C34H78N6O6P2. The molecule has 0 bridgehead atoms. The number of nitrogens with two attached hydrogens (primary N) is 4. The highest BCUT2D eigenvalue weighted by molar-refractivity contribution is 7.54. The van der Waals surface area contributed by atoms with Crippen LogP contribution in [-0.4, -0.2) is 114 Å². The fourth-order valence-corrected chi connectivity index (χ4v) is 8.57. The monoisotopic (exact) mass is 729 g/mol. The lowest BCUT2D eigenvalue weighted by molar-refractivity contribution is 0.185. The zero-order chi connectivity index (χ0) is 35.6. The van der Waals surface area contributed by atoms with Crippen molar-refractivity contribution >= 4 is 15.2 Å². The Hall–Kier alpha value is 0.0600. The van der Waals surface area contributed by atoms with Crippen LogP contribution < -0.4 is 22.9 Å². The molecule has 0 aromatic heterocycles. The van der Waals surface area contributed by atoms with E-state index in [-0.39, 0.29) is 0 Å². The third kappa shape index (κ3) is 28.7. The molecule has 0 rings (SSSR count). The van der Waals surface area contributed by atoms with Gasteiger partial charge in [-0.1, -0.05) is 65.2 Å². The summed E-state index contributed by atoms with van der Waals surface area (Å²) in [7, 11) is -6.44. The van der Waals surface area contributed by atoms with Crippen molar-refractivity contribution in [3.8, 4) is 0 Å². The summed E-state index contributed by atoms with van der Waals surface area (Å²) in [5, 5.41) is 0. The van der Waals surface area contributed by atoms with Crippen molar-refractivity contribution in [3.63, 3.8) is 0 Å². The lowest BCUT2D eigenvalue weighted by Gasteiger charge is -2.25. The van der Waals surface area contributed by atoms with Gasteiger partial charge in [0.25, 0.3) is 0 Å². The Morgan fingerprint density at radius 1 is 0.396 bits per heavy atom. The van der Waals surface area contributed by atoms with Crippen LogP contribution in [-0.2, 0) is 27.2 Å². The Morgan fingerprint density at radius 3 is 0.917 bits per heavy atom. The van der Waals surface area contributed by atoms with Gasteiger partial charge in [0.1, 0.15) is 0 Å². The predicted molar refractivity (Wildman–Crippen MR) is 203 cm³/mol. The van der Waals surface area contributed by atoms with Gasteiger partial charge in [-0.05, 0) is 104 Å². The normalized spacial score (nSPS) is 14.6. The molecule has 14 heteroatoms. The summed E-state index contributed by atoms with van der Waals surface area (Å²) in [6, 6.07) is 0. The Labute approximate surface area is 295 Å². The van der Waals surface area contributed by atoms with E-state index in [1.807, 2.05) is 0 Å². The summed E-state index contributed by atoms with van der Waals surface area (Å²) in [5.41, 5.74) is 22.9. The molecule has 0 saturated heterocycles. The largest absolute Gasteiger partial charge is 0.331 e. The van der Waals surface area contributed by atoms with E-state index in [1.54, 1.807) is 0 Å². The number of hydrogen-bond donors (Lipinski definition) is 4. The van der Waals surface area contributed by atoms with E-state index in [4.69, 9.17) is 41.0 Å². The summed E-state index contributed by atoms with van der Waals surface area (Å²) < 4.78 is 51.2. The quantitative estimate of drug-likeness (QED) is 0.0419. The van der Waals surface area contributed by atoms with Gasteiger partial charge in [0.15, 0.2) is 0 Å². The second-order valence-electron chi connectivity index (χ2n) is 12.8. The van der Waals surface area contributed by atoms with Crippen molar-refractivity contribution in [2.45, 2.75) is 117 Å². The molecule has 2 unspecified atom stereocenters. The highest BCUT2D eigenvalue weighted by Gasteiger charge is 2.27. The van der Waals surface area contributed by atoms with Crippen LogP contribution >= 0.6 is 15.2 Å². The van der Waals surface area contributed by atoms with Gasteiger partial charge in [-0.3, -0.25) is 9.13 Å². The minimum absolute atomic E-state index is 0.368. The van der Waals surface area contributed by atoms with Crippen LogP contribution in [0.3, 0.4) is 0 Å². The molecule has 0 radical (unpaired) electrons. The Bertz CT molecular complexity index is 710. The SMILES string of the molecule is CCCCCCOP(=O)(CCN(CCCN)CCCN)OCCCCCCOP(=O)(CCN(CCCN)CCCN)OCCCCCC. The standard InChI is InChI=1S/C34H78N6O6P2/c1-3-5-7-11-29-43-47(41,33-27-39(23-15-19-35)24-16-20-36)45-31-13-9-10-14-32-46-48(42,44-30-12-8-6-4-2)34-28-40(25-17-21-37)26-18-22-38/h3-38H2,1-2H3. The van der Waals surface area contributed by atoms with Crippen LogP contribution in [0.4, 0.5) is 0 Å². The maximum absolute atomic E-state index is 13.7. The van der Waals surface area contributed by atoms with Crippen LogP contribution in [0.5, 0.6) is 0 Å². The Morgan fingerprint density at radius 2 is 0.667 bits per heavy atom. The molecule has 0 aliphatic heterocycles. The Kier molecular flexibility index (Phi) is 34.2. The third-order valence-electron chi connectivity index (χ3n) is 8.28. The number of rotatable bonds is 39. The smallest absolute Gasteiger partial charge is 0.330 e. The second kappa shape index (κ2) is 34.2. The zero-order valence-electron chi connectivity index (χ0n) is 31.2. The Balaban J connectivity index is 4.85. The van der Waals surface area contributed by atoms with Crippen LogP contribution in [0.2, 0.25) is 0 Å². The number of unbranched alkanes of at least 4 members (excludes halogenated alkanes) is 9. The average molecular weight is 729 g/mol. The van der Waals surface area contributed by atoms with Gasteiger partial charge >= 0.3 is 15.2 Å². The lowest BCUT2D eigenvalue weighted by atomic mass is 10.2. The van der Waals surface area contributed by atoms with Crippen LogP contribution in [0.25, 0.3) is 0 Å². The molecule has 0 aliphatic rings. The van der Waals surface area contributed by atoms with Crippen molar-refractivity contribution in [1.29, 1.82) is 0 Å². The third-order valence-corrected chi connectivity index (χ3v) is 12.1. The molecule has 0 aromatic rings. The first-order valence-corrected chi connectivity index (χ1v) is 22.8. The maximum atomic E-state index is 13.7. The minimum Gasteiger partial charge on any atom is -0.330 e. The summed E-state index contributed by atoms with van der Waals surface area (Å²) in [4.78, 5) is 4.53. The van der Waals surface area contributed by atoms with E-state index in [2.05, 4.69) is 23.6 Å². The van der Waals surface area contributed by atoms with E-state index in [0.29, 0.717) is 78.0 Å². The molecule has 0 aliphatic carbocycles. The minimum atomic E-state index is -3.22. The molecule has 0 spiro atoms. The molecular weight excluding hydrogens is 650 g/mol. The van der Waals surface area contributed by atoms with E-state index in [9.17, 15) is 9.13 Å². The van der Waals surface area contributed by atoms with E-state index < -0.39 is 15.2 Å². The molecule has 48 heavy (non-hydrogen) atoms. The summed E-state index contributed by atoms with van der Waals surface area (Å²) >= 11 is 0. The zero-order valence-corrected chi connectivity index (χ0v) is 33.0. The molecule has 2 atom stereocenters. The van der Waals surface area contributed by atoms with Gasteiger partial charge in [0.2, 0.25) is 0 Å². The van der Waals surface area contributed by atoms with Crippen molar-refractivity contribution in [1.82, 2.24) is 9.80 Å². The van der Waals surface area contributed by atoms with Crippen molar-refractivity contribution in [2.75, 3.05) is 104 Å². The summed E-state index contributed by atoms with van der Waals surface area (Å²) in [6.07, 6.45) is 16.1. The van der Waals surface area contributed by atoms with E-state index in [1.165, 1.54) is 0 Å². The molecule has 0 amide bonds. The topological polar surface area (TPSA) is 182 Å². The molecule has 0 heterocycles. The highest BCUT2D eigenvalue weighted by Crippen LogP contribution is 2.49. The fourth-order valence-electron chi connectivity index (χ4n) is 5.22. The molecule has 8 N–H and O–H groups in total. The van der Waals surface area contributed by atoms with Gasteiger partial charge in [-0.15, -0.1) is 0 Å². The van der Waals surface area contributed by atoms with Crippen LogP contribution in [0, 0.1) is 0 Å². The average Bonchev–Trinajstić information content (AvgIpc) is 3.08. The van der Waals surface area contributed by atoms with Crippen LogP contribution in [0.1, 0.15) is 117 Å². The predicted octanol–water partition coefficient (Wildman–Crippen LogP) is 6.16. The van der Waals surface area contributed by atoms with E-state index in [0.717, 1.165) is 129 Å². The first-order valence-electron chi connectivity index (χ1n) is 19.3. The van der Waals surface area contributed by atoms with Gasteiger partial charge in [0, 0.05) is 13.1 Å². The number of nitrogens with zero attached hydrogens (tertiary/aromatic N) is 2. The molecule has 0 fully saturated rings. The highest BCUT2D eigenvalue weighted by atomic mass is 31.2. The molecule has 290 valence electrons. The lowest BCUT2D eigenvalue weighted by Crippen LogP contribution is -2.31. The summed E-state index contributed by atoms with van der Waals surface area (Å²) in [5.74, 6) is 0. The molecule has 0 aromatic carbocycles. The summed E-state index contributed by atoms with van der Waals surface area (Å²) in [6.45, 7) is 13.2. The van der Waals surface area contributed by atoms with Gasteiger partial charge in [-0.25, -0.2) is 0 Å². The fraction of sp³-hybridized carbons (Fsp3) is 1.00. The van der Waals surface area contributed by atoms with Crippen molar-refractivity contribution in [3.05, 3.63) is 0 Å². The van der Waals surface area contributed by atoms with E-state index >= 15 is 0 Å². The first kappa shape index (κ1) is 48.1. The maximum Gasteiger partial charge on any atom is 0.331 e.